The van der Waals surface area contributed by atoms with E-state index in [0.29, 0.717) is 6.54 Å². The lowest BCUT2D eigenvalue weighted by molar-refractivity contribution is -0.137. The molecule has 1 aromatic carbocycles. The number of carbonyl (C=O) groups excluding carboxylic acids is 1. The monoisotopic (exact) mass is 243 g/mol. The first-order valence-electron chi connectivity index (χ1n) is 6.44. The number of amides is 1. The van der Waals surface area contributed by atoms with Gasteiger partial charge in [0.1, 0.15) is 0 Å². The molecule has 2 aliphatic rings. The van der Waals surface area contributed by atoms with Gasteiger partial charge < -0.3 is 10.0 Å². The second kappa shape index (κ2) is 4.25. The topological polar surface area (TPSA) is 40.5 Å². The molecule has 18 heavy (non-hydrogen) atoms. The number of aliphatic hydroxyl groups is 1. The molecule has 1 aromatic rings. The van der Waals surface area contributed by atoms with Crippen molar-refractivity contribution >= 4 is 5.91 Å². The summed E-state index contributed by atoms with van der Waals surface area (Å²) in [6, 6.07) is 9.76. The van der Waals surface area contributed by atoms with Crippen molar-refractivity contribution in [1.82, 2.24) is 4.90 Å². The Morgan fingerprint density at radius 2 is 2.00 bits per heavy atom. The lowest BCUT2D eigenvalue weighted by atomic mass is 9.74. The molecule has 0 saturated heterocycles. The number of hydrogen-bond donors (Lipinski definition) is 1. The van der Waals surface area contributed by atoms with Crippen LogP contribution in [0.4, 0.5) is 0 Å². The van der Waals surface area contributed by atoms with Crippen LogP contribution in [-0.2, 0) is 11.3 Å². The number of hydrogen-bond acceptors (Lipinski definition) is 2. The average Bonchev–Trinajstić information content (AvgIpc) is 2.70. The van der Waals surface area contributed by atoms with Gasteiger partial charge >= 0.3 is 0 Å². The molecule has 1 amide bonds. The predicted octanol–water partition coefficient (Wildman–Crippen LogP) is 1.87. The van der Waals surface area contributed by atoms with Gasteiger partial charge in [0.05, 0.1) is 11.6 Å². The zero-order chi connectivity index (χ0) is 12.6. The van der Waals surface area contributed by atoms with E-state index in [2.05, 4.69) is 0 Å². The summed E-state index contributed by atoms with van der Waals surface area (Å²) in [5, 5.41) is 10.4. The van der Waals surface area contributed by atoms with Crippen LogP contribution in [0.3, 0.4) is 0 Å². The van der Waals surface area contributed by atoms with Crippen molar-refractivity contribution in [1.29, 1.82) is 0 Å². The van der Waals surface area contributed by atoms with Gasteiger partial charge in [0.15, 0.2) is 0 Å². The number of rotatable bonds is 3. The first kappa shape index (κ1) is 11.5. The van der Waals surface area contributed by atoms with E-state index in [4.69, 9.17) is 0 Å². The minimum atomic E-state index is -0.697. The summed E-state index contributed by atoms with van der Waals surface area (Å²) in [4.78, 5) is 13.7. The van der Waals surface area contributed by atoms with E-state index >= 15 is 0 Å². The van der Waals surface area contributed by atoms with Gasteiger partial charge in [-0.1, -0.05) is 36.4 Å². The predicted molar refractivity (Wildman–Crippen MR) is 68.7 cm³/mol. The van der Waals surface area contributed by atoms with E-state index in [9.17, 15) is 9.90 Å². The molecular formula is C15H17NO2. The fourth-order valence-corrected chi connectivity index (χ4v) is 2.77. The van der Waals surface area contributed by atoms with Gasteiger partial charge in [-0.05, 0) is 24.8 Å². The summed E-state index contributed by atoms with van der Waals surface area (Å²) in [5.74, 6) is 0.00387. The minimum absolute atomic E-state index is 0.00387. The molecule has 1 atom stereocenters. The van der Waals surface area contributed by atoms with Gasteiger partial charge in [0.25, 0.3) is 0 Å². The number of carbonyl (C=O) groups is 1. The van der Waals surface area contributed by atoms with Gasteiger partial charge in [-0.25, -0.2) is 0 Å². The molecule has 1 fully saturated rings. The van der Waals surface area contributed by atoms with Crippen molar-refractivity contribution in [3.05, 3.63) is 48.0 Å². The Kier molecular flexibility index (Phi) is 2.71. The Hall–Kier alpha value is -1.61. The number of benzene rings is 1. The minimum Gasteiger partial charge on any atom is -0.387 e. The van der Waals surface area contributed by atoms with Crippen molar-refractivity contribution in [2.45, 2.75) is 37.5 Å². The molecule has 1 aliphatic heterocycles. The van der Waals surface area contributed by atoms with Crippen molar-refractivity contribution in [2.24, 2.45) is 0 Å². The SMILES string of the molecule is O=C1C=CC(C2(O)CCC2)N1Cc1ccccc1. The molecule has 3 nitrogen and oxygen atoms in total. The standard InChI is InChI=1S/C15H17NO2/c17-14-8-7-13(15(18)9-4-10-15)16(14)11-12-5-2-1-3-6-12/h1-3,5-8,13,18H,4,9-11H2. The van der Waals surface area contributed by atoms with Crippen LogP contribution < -0.4 is 0 Å². The van der Waals surface area contributed by atoms with Crippen LogP contribution in [0.5, 0.6) is 0 Å². The highest BCUT2D eigenvalue weighted by molar-refractivity contribution is 5.90. The van der Waals surface area contributed by atoms with Gasteiger partial charge in [0, 0.05) is 12.6 Å². The van der Waals surface area contributed by atoms with E-state index < -0.39 is 5.60 Å². The zero-order valence-corrected chi connectivity index (χ0v) is 10.2. The third-order valence-corrected chi connectivity index (χ3v) is 4.01. The van der Waals surface area contributed by atoms with Crippen molar-refractivity contribution in [3.63, 3.8) is 0 Å². The average molecular weight is 243 g/mol. The van der Waals surface area contributed by atoms with Crippen LogP contribution in [0.25, 0.3) is 0 Å². The molecule has 1 unspecified atom stereocenters. The Bertz CT molecular complexity index is 477. The van der Waals surface area contributed by atoms with Crippen molar-refractivity contribution < 1.29 is 9.90 Å². The van der Waals surface area contributed by atoms with Crippen LogP contribution in [-0.4, -0.2) is 27.6 Å². The quantitative estimate of drug-likeness (QED) is 0.880. The molecule has 1 heterocycles. The zero-order valence-electron chi connectivity index (χ0n) is 10.2. The molecular weight excluding hydrogens is 226 g/mol. The van der Waals surface area contributed by atoms with Gasteiger partial charge in [-0.2, -0.15) is 0 Å². The molecule has 1 saturated carbocycles. The Labute approximate surface area is 107 Å². The fourth-order valence-electron chi connectivity index (χ4n) is 2.77. The Morgan fingerprint density at radius 3 is 2.61 bits per heavy atom. The molecule has 3 rings (SSSR count). The van der Waals surface area contributed by atoms with Crippen LogP contribution in [0, 0.1) is 0 Å². The Morgan fingerprint density at radius 1 is 1.28 bits per heavy atom. The lowest BCUT2D eigenvalue weighted by Gasteiger charge is -2.44. The number of nitrogens with zero attached hydrogens (tertiary/aromatic N) is 1. The van der Waals surface area contributed by atoms with E-state index in [1.54, 1.807) is 11.0 Å². The summed E-state index contributed by atoms with van der Waals surface area (Å²) in [5.41, 5.74) is 0.403. The molecule has 0 spiro atoms. The van der Waals surface area contributed by atoms with Crippen molar-refractivity contribution in [3.8, 4) is 0 Å². The lowest BCUT2D eigenvalue weighted by Crippen LogP contribution is -2.54. The second-order valence-electron chi connectivity index (χ2n) is 5.21. The highest BCUT2D eigenvalue weighted by Crippen LogP contribution is 2.39. The maximum absolute atomic E-state index is 11.9. The Balaban J connectivity index is 1.79. The highest BCUT2D eigenvalue weighted by atomic mass is 16.3. The first-order valence-corrected chi connectivity index (χ1v) is 6.44. The largest absolute Gasteiger partial charge is 0.387 e. The van der Waals surface area contributed by atoms with E-state index in [-0.39, 0.29) is 11.9 Å². The molecule has 3 heteroatoms. The highest BCUT2D eigenvalue weighted by Gasteiger charge is 2.46. The van der Waals surface area contributed by atoms with Crippen molar-refractivity contribution in [2.75, 3.05) is 0 Å². The van der Waals surface area contributed by atoms with Crippen LogP contribution >= 0.6 is 0 Å². The molecule has 0 radical (unpaired) electrons. The third kappa shape index (κ3) is 1.85. The summed E-state index contributed by atoms with van der Waals surface area (Å²) in [6.45, 7) is 0.569. The smallest absolute Gasteiger partial charge is 0.247 e. The van der Waals surface area contributed by atoms with E-state index in [0.717, 1.165) is 24.8 Å². The van der Waals surface area contributed by atoms with Gasteiger partial charge in [-0.3, -0.25) is 4.79 Å². The van der Waals surface area contributed by atoms with Crippen LogP contribution in [0.2, 0.25) is 0 Å². The molecule has 94 valence electrons. The van der Waals surface area contributed by atoms with Crippen LogP contribution in [0.1, 0.15) is 24.8 Å². The van der Waals surface area contributed by atoms with Gasteiger partial charge in [0.2, 0.25) is 5.91 Å². The van der Waals surface area contributed by atoms with Crippen LogP contribution in [0.15, 0.2) is 42.5 Å². The second-order valence-corrected chi connectivity index (χ2v) is 5.21. The molecule has 1 aliphatic carbocycles. The fraction of sp³-hybridized carbons (Fsp3) is 0.400. The third-order valence-electron chi connectivity index (χ3n) is 4.01. The van der Waals surface area contributed by atoms with E-state index in [1.165, 1.54) is 0 Å². The maximum atomic E-state index is 11.9. The summed E-state index contributed by atoms with van der Waals surface area (Å²) < 4.78 is 0. The normalized spacial score (nSPS) is 25.3. The molecule has 0 bridgehead atoms. The summed E-state index contributed by atoms with van der Waals surface area (Å²) in [6.07, 6.45) is 6.07. The first-order chi connectivity index (χ1) is 8.69. The molecule has 0 aromatic heterocycles. The maximum Gasteiger partial charge on any atom is 0.247 e. The summed E-state index contributed by atoms with van der Waals surface area (Å²) in [7, 11) is 0. The molecule has 1 N–H and O–H groups in total. The summed E-state index contributed by atoms with van der Waals surface area (Å²) >= 11 is 0. The van der Waals surface area contributed by atoms with E-state index in [1.807, 2.05) is 36.4 Å². The van der Waals surface area contributed by atoms with Gasteiger partial charge in [-0.15, -0.1) is 0 Å².